The van der Waals surface area contributed by atoms with Crippen LogP contribution in [0, 0.1) is 19.7 Å². The van der Waals surface area contributed by atoms with Gasteiger partial charge < -0.3 is 20.5 Å². The maximum Gasteiger partial charge on any atom is 0.319 e. The van der Waals surface area contributed by atoms with E-state index >= 15 is 0 Å². The van der Waals surface area contributed by atoms with Crippen molar-refractivity contribution in [2.75, 3.05) is 11.9 Å². The maximum atomic E-state index is 13.2. The molecule has 0 spiro atoms. The summed E-state index contributed by atoms with van der Waals surface area (Å²) in [4.78, 5) is 16.2. The van der Waals surface area contributed by atoms with Crippen molar-refractivity contribution in [2.24, 2.45) is 0 Å². The topological polar surface area (TPSA) is 83.5 Å². The van der Waals surface area contributed by atoms with Crippen molar-refractivity contribution in [3.05, 3.63) is 83.3 Å². The summed E-state index contributed by atoms with van der Waals surface area (Å²) in [7, 11) is 0. The number of anilines is 1. The average molecular weight is 395 g/mol. The maximum absolute atomic E-state index is 13.2. The summed E-state index contributed by atoms with van der Waals surface area (Å²) < 4.78 is 18.9. The molecular weight excluding hydrogens is 373 g/mol. The molecule has 1 unspecified atom stereocenters. The number of rotatable bonds is 6. The Morgan fingerprint density at radius 1 is 1.14 bits per heavy atom. The number of hydrogen-bond acceptors (Lipinski definition) is 4. The van der Waals surface area contributed by atoms with Gasteiger partial charge in [0.1, 0.15) is 11.6 Å². The number of halogens is 1. The summed E-state index contributed by atoms with van der Waals surface area (Å²) in [6.07, 6.45) is 0.460. The molecule has 2 amide bonds. The minimum atomic E-state index is -1.01. The van der Waals surface area contributed by atoms with Crippen LogP contribution < -0.4 is 15.4 Å². The number of carbonyl (C=O) groups is 1. The lowest BCUT2D eigenvalue weighted by molar-refractivity contribution is 0.174. The second-order valence-electron chi connectivity index (χ2n) is 6.64. The second-order valence-corrected chi connectivity index (χ2v) is 6.64. The predicted octanol–water partition coefficient (Wildman–Crippen LogP) is 4.48. The molecule has 0 aliphatic heterocycles. The van der Waals surface area contributed by atoms with E-state index in [-0.39, 0.29) is 6.54 Å². The quantitative estimate of drug-likeness (QED) is 0.574. The van der Waals surface area contributed by atoms with Crippen molar-refractivity contribution in [2.45, 2.75) is 20.0 Å². The highest BCUT2D eigenvalue weighted by molar-refractivity contribution is 5.89. The van der Waals surface area contributed by atoms with E-state index in [4.69, 9.17) is 4.74 Å². The number of carbonyl (C=O) groups excluding carboxylic acids is 1. The minimum Gasteiger partial charge on any atom is -0.439 e. The van der Waals surface area contributed by atoms with Gasteiger partial charge in [0.05, 0.1) is 18.0 Å². The molecule has 3 N–H and O–H groups in total. The first kappa shape index (κ1) is 20.3. The van der Waals surface area contributed by atoms with Gasteiger partial charge in [-0.05, 0) is 60.9 Å². The fourth-order valence-electron chi connectivity index (χ4n) is 2.61. The van der Waals surface area contributed by atoms with Gasteiger partial charge in [0, 0.05) is 12.6 Å². The fourth-order valence-corrected chi connectivity index (χ4v) is 2.61. The Hall–Kier alpha value is -3.45. The first-order chi connectivity index (χ1) is 13.9. The Kier molecular flexibility index (Phi) is 6.41. The molecule has 0 saturated carbocycles. The van der Waals surface area contributed by atoms with Crippen molar-refractivity contribution in [1.82, 2.24) is 10.3 Å². The van der Waals surface area contributed by atoms with Crippen LogP contribution in [0.5, 0.6) is 11.6 Å². The number of ether oxygens (including phenoxy) is 1. The zero-order chi connectivity index (χ0) is 20.8. The second kappa shape index (κ2) is 9.16. The third-order valence-corrected chi connectivity index (χ3v) is 4.38. The van der Waals surface area contributed by atoms with Crippen LogP contribution in [0.15, 0.2) is 60.8 Å². The van der Waals surface area contributed by atoms with E-state index in [1.807, 2.05) is 32.0 Å². The standard InChI is InChI=1S/C22H22FN3O3/c1-14-6-8-19(10-15(14)2)29-21-9-7-18(12-24-21)26-22(28)25-13-20(27)16-4-3-5-17(23)11-16/h3-12,20,27H,13H2,1-2H3,(H2,25,26,28). The molecule has 6 nitrogen and oxygen atoms in total. The van der Waals surface area contributed by atoms with Crippen LogP contribution in [-0.2, 0) is 0 Å². The number of pyridine rings is 1. The fraction of sp³-hybridized carbons (Fsp3) is 0.182. The molecule has 7 heteroatoms. The van der Waals surface area contributed by atoms with Crippen molar-refractivity contribution in [3.8, 4) is 11.6 Å². The molecule has 2 aromatic carbocycles. The normalized spacial score (nSPS) is 11.6. The van der Waals surface area contributed by atoms with Gasteiger partial charge >= 0.3 is 6.03 Å². The van der Waals surface area contributed by atoms with Crippen molar-refractivity contribution < 1.29 is 19.0 Å². The van der Waals surface area contributed by atoms with E-state index in [1.165, 1.54) is 30.0 Å². The van der Waals surface area contributed by atoms with Gasteiger partial charge in [-0.1, -0.05) is 18.2 Å². The SMILES string of the molecule is Cc1ccc(Oc2ccc(NC(=O)NCC(O)c3cccc(F)c3)cn2)cc1C. The van der Waals surface area contributed by atoms with Crippen LogP contribution in [0.2, 0.25) is 0 Å². The predicted molar refractivity (Wildman–Crippen MR) is 109 cm³/mol. The van der Waals surface area contributed by atoms with Crippen molar-refractivity contribution in [3.63, 3.8) is 0 Å². The first-order valence-electron chi connectivity index (χ1n) is 9.10. The number of urea groups is 1. The lowest BCUT2D eigenvalue weighted by Crippen LogP contribution is -2.32. The van der Waals surface area contributed by atoms with Crippen LogP contribution in [0.25, 0.3) is 0 Å². The smallest absolute Gasteiger partial charge is 0.319 e. The zero-order valence-electron chi connectivity index (χ0n) is 16.1. The number of amides is 2. The summed E-state index contributed by atoms with van der Waals surface area (Å²) in [5, 5.41) is 15.2. The molecule has 29 heavy (non-hydrogen) atoms. The summed E-state index contributed by atoms with van der Waals surface area (Å²) in [5.74, 6) is 0.645. The summed E-state index contributed by atoms with van der Waals surface area (Å²) in [5.41, 5.74) is 3.16. The molecule has 0 radical (unpaired) electrons. The monoisotopic (exact) mass is 395 g/mol. The van der Waals surface area contributed by atoms with E-state index in [1.54, 1.807) is 18.2 Å². The number of hydrogen-bond donors (Lipinski definition) is 3. The van der Waals surface area contributed by atoms with Gasteiger partial charge in [0.2, 0.25) is 5.88 Å². The van der Waals surface area contributed by atoms with Crippen molar-refractivity contribution >= 4 is 11.7 Å². The minimum absolute atomic E-state index is 0.0588. The van der Waals surface area contributed by atoms with Gasteiger partial charge in [-0.3, -0.25) is 0 Å². The highest BCUT2D eigenvalue weighted by Gasteiger charge is 2.10. The largest absolute Gasteiger partial charge is 0.439 e. The van der Waals surface area contributed by atoms with Gasteiger partial charge in [-0.15, -0.1) is 0 Å². The molecule has 0 saturated heterocycles. The third-order valence-electron chi connectivity index (χ3n) is 4.38. The van der Waals surface area contributed by atoms with E-state index in [0.717, 1.165) is 5.56 Å². The van der Waals surface area contributed by atoms with E-state index < -0.39 is 18.0 Å². The molecule has 1 atom stereocenters. The first-order valence-corrected chi connectivity index (χ1v) is 9.10. The number of aliphatic hydroxyl groups is 1. The summed E-state index contributed by atoms with van der Waals surface area (Å²) in [6.45, 7) is 3.98. The van der Waals surface area contributed by atoms with E-state index in [9.17, 15) is 14.3 Å². The van der Waals surface area contributed by atoms with E-state index in [2.05, 4.69) is 15.6 Å². The van der Waals surface area contributed by atoms with Gasteiger partial charge in [-0.2, -0.15) is 0 Å². The van der Waals surface area contributed by atoms with E-state index in [0.29, 0.717) is 22.9 Å². The number of nitrogens with one attached hydrogen (secondary N) is 2. The lowest BCUT2D eigenvalue weighted by Gasteiger charge is -2.13. The molecule has 0 fully saturated rings. The highest BCUT2D eigenvalue weighted by Crippen LogP contribution is 2.23. The molecule has 0 aliphatic carbocycles. The number of nitrogens with zero attached hydrogens (tertiary/aromatic N) is 1. The molecular formula is C22H22FN3O3. The molecule has 0 aliphatic rings. The Morgan fingerprint density at radius 2 is 1.97 bits per heavy atom. The van der Waals surface area contributed by atoms with Gasteiger partial charge in [-0.25, -0.2) is 14.2 Å². The number of aryl methyl sites for hydroxylation is 2. The van der Waals surface area contributed by atoms with Gasteiger partial charge in [0.15, 0.2) is 0 Å². The Bertz CT molecular complexity index is 993. The molecule has 1 aromatic heterocycles. The Morgan fingerprint density at radius 3 is 2.66 bits per heavy atom. The third kappa shape index (κ3) is 5.76. The highest BCUT2D eigenvalue weighted by atomic mass is 19.1. The van der Waals surface area contributed by atoms with Crippen LogP contribution in [-0.4, -0.2) is 22.7 Å². The van der Waals surface area contributed by atoms with Gasteiger partial charge in [0.25, 0.3) is 0 Å². The Balaban J connectivity index is 1.51. The van der Waals surface area contributed by atoms with Crippen LogP contribution in [0.4, 0.5) is 14.9 Å². The number of aromatic nitrogens is 1. The van der Waals surface area contributed by atoms with Crippen molar-refractivity contribution in [1.29, 1.82) is 0 Å². The van der Waals surface area contributed by atoms with Crippen LogP contribution in [0.1, 0.15) is 22.8 Å². The average Bonchev–Trinajstić information content (AvgIpc) is 2.70. The zero-order valence-corrected chi connectivity index (χ0v) is 16.1. The summed E-state index contributed by atoms with van der Waals surface area (Å²) in [6, 6.07) is 14.2. The molecule has 0 bridgehead atoms. The molecule has 150 valence electrons. The molecule has 3 aromatic rings. The Labute approximate surface area is 168 Å². The molecule has 1 heterocycles. The lowest BCUT2D eigenvalue weighted by atomic mass is 10.1. The number of benzene rings is 2. The van der Waals surface area contributed by atoms with Crippen LogP contribution >= 0.6 is 0 Å². The van der Waals surface area contributed by atoms with Crippen LogP contribution in [0.3, 0.4) is 0 Å². The molecule has 3 rings (SSSR count). The summed E-state index contributed by atoms with van der Waals surface area (Å²) >= 11 is 0. The number of aliphatic hydroxyl groups excluding tert-OH is 1.